The molecule has 1 aromatic heterocycles. The molecular weight excluding hydrogens is 264 g/mol. The van der Waals surface area contributed by atoms with Gasteiger partial charge in [0.15, 0.2) is 0 Å². The molecule has 0 saturated carbocycles. The van der Waals surface area contributed by atoms with E-state index in [1.54, 1.807) is 12.5 Å². The summed E-state index contributed by atoms with van der Waals surface area (Å²) in [6.45, 7) is 4.00. The Morgan fingerprint density at radius 2 is 1.89 bits per heavy atom. The maximum atomic E-state index is 5.90. The molecule has 3 rings (SSSR count). The van der Waals surface area contributed by atoms with E-state index in [0.717, 1.165) is 31.6 Å². The van der Waals surface area contributed by atoms with Gasteiger partial charge in [0.05, 0.1) is 11.4 Å². The van der Waals surface area contributed by atoms with Crippen LogP contribution in [0.5, 0.6) is 0 Å². The van der Waals surface area contributed by atoms with E-state index in [4.69, 9.17) is 21.1 Å². The molecular formula is C14H17ClN2O2. The molecule has 4 nitrogen and oxygen atoms in total. The molecule has 0 N–H and O–H groups in total. The number of hydrogen-bond acceptors (Lipinski definition) is 4. The van der Waals surface area contributed by atoms with Crippen LogP contribution in [-0.4, -0.2) is 24.4 Å². The average Bonchev–Trinajstić information content (AvgIpc) is 2.93. The first-order chi connectivity index (χ1) is 9.24. The molecule has 0 bridgehead atoms. The Morgan fingerprint density at radius 1 is 1.21 bits per heavy atom. The fourth-order valence-electron chi connectivity index (χ4n) is 2.74. The predicted octanol–water partition coefficient (Wildman–Crippen LogP) is 3.10. The van der Waals surface area contributed by atoms with Crippen LogP contribution in [0.15, 0.2) is 24.7 Å². The van der Waals surface area contributed by atoms with Crippen molar-refractivity contribution in [3.63, 3.8) is 0 Å². The number of piperidine rings is 1. The third kappa shape index (κ3) is 2.63. The second kappa shape index (κ2) is 5.29. The number of hydrogen-bond donors (Lipinski definition) is 0. The summed E-state index contributed by atoms with van der Waals surface area (Å²) in [7, 11) is 0. The van der Waals surface area contributed by atoms with Gasteiger partial charge in [0.1, 0.15) is 17.7 Å². The highest BCUT2D eigenvalue weighted by Gasteiger charge is 2.30. The third-order valence-electron chi connectivity index (χ3n) is 3.77. The summed E-state index contributed by atoms with van der Waals surface area (Å²) in [5.74, 6) is 0.465. The smallest absolute Gasteiger partial charge is 0.242 e. The van der Waals surface area contributed by atoms with Crippen molar-refractivity contribution in [1.82, 2.24) is 4.98 Å². The van der Waals surface area contributed by atoms with E-state index in [9.17, 15) is 0 Å². The summed E-state index contributed by atoms with van der Waals surface area (Å²) in [6.07, 6.45) is 5.30. The zero-order valence-corrected chi connectivity index (χ0v) is 11.6. The summed E-state index contributed by atoms with van der Waals surface area (Å²) < 4.78 is 10.8. The van der Waals surface area contributed by atoms with Crippen molar-refractivity contribution in [3.05, 3.63) is 35.5 Å². The molecule has 1 fully saturated rings. The topological polar surface area (TPSA) is 34.6 Å². The van der Waals surface area contributed by atoms with Crippen molar-refractivity contribution >= 4 is 17.3 Å². The van der Waals surface area contributed by atoms with Crippen molar-refractivity contribution in [2.24, 2.45) is 5.92 Å². The molecule has 19 heavy (non-hydrogen) atoms. The lowest BCUT2D eigenvalue weighted by Crippen LogP contribution is -2.38. The number of aromatic nitrogens is 1. The maximum Gasteiger partial charge on any atom is 0.242 e. The Bertz CT molecular complexity index is 476. The van der Waals surface area contributed by atoms with Gasteiger partial charge >= 0.3 is 0 Å². The van der Waals surface area contributed by atoms with Gasteiger partial charge in [0.25, 0.3) is 0 Å². The quantitative estimate of drug-likeness (QED) is 0.780. The van der Waals surface area contributed by atoms with E-state index in [1.807, 2.05) is 13.0 Å². The molecule has 0 amide bonds. The standard InChI is InChI=1S/C14H17ClN2O2/c1-10-12(2-3-13(15)16-10)17-6-4-11(5-7-17)14-18-8-9-19-14/h2-3,8-9,11,14H,4-7H2,1H3. The van der Waals surface area contributed by atoms with Gasteiger partial charge in [-0.2, -0.15) is 0 Å². The first-order valence-electron chi connectivity index (χ1n) is 6.58. The predicted molar refractivity (Wildman–Crippen MR) is 74.0 cm³/mol. The van der Waals surface area contributed by atoms with Crippen molar-refractivity contribution < 1.29 is 9.47 Å². The van der Waals surface area contributed by atoms with E-state index in [1.165, 1.54) is 5.69 Å². The van der Waals surface area contributed by atoms with E-state index >= 15 is 0 Å². The molecule has 0 atom stereocenters. The van der Waals surface area contributed by atoms with Gasteiger partial charge in [-0.25, -0.2) is 4.98 Å². The van der Waals surface area contributed by atoms with Gasteiger partial charge in [-0.1, -0.05) is 11.6 Å². The SMILES string of the molecule is Cc1nc(Cl)ccc1N1CCC(C2OC=CO2)CC1. The summed E-state index contributed by atoms with van der Waals surface area (Å²) in [5.41, 5.74) is 2.16. The van der Waals surface area contributed by atoms with Crippen molar-refractivity contribution in [2.45, 2.75) is 26.1 Å². The Hall–Kier alpha value is -1.42. The van der Waals surface area contributed by atoms with Crippen LogP contribution in [0.4, 0.5) is 5.69 Å². The Balaban J connectivity index is 1.63. The minimum atomic E-state index is -0.0911. The number of anilines is 1. The average molecular weight is 281 g/mol. The number of pyridine rings is 1. The number of halogens is 1. The van der Waals surface area contributed by atoms with Crippen LogP contribution in [0.2, 0.25) is 5.15 Å². The van der Waals surface area contributed by atoms with Crippen molar-refractivity contribution in [3.8, 4) is 0 Å². The minimum absolute atomic E-state index is 0.0911. The first-order valence-corrected chi connectivity index (χ1v) is 6.96. The maximum absolute atomic E-state index is 5.90. The largest absolute Gasteiger partial charge is 0.459 e. The molecule has 1 aromatic rings. The molecule has 1 saturated heterocycles. The molecule has 0 spiro atoms. The van der Waals surface area contributed by atoms with Crippen LogP contribution in [0.1, 0.15) is 18.5 Å². The second-order valence-electron chi connectivity index (χ2n) is 4.98. The Labute approximate surface area is 118 Å². The van der Waals surface area contributed by atoms with Gasteiger partial charge in [-0.05, 0) is 31.9 Å². The monoisotopic (exact) mass is 280 g/mol. The van der Waals surface area contributed by atoms with E-state index in [0.29, 0.717) is 11.1 Å². The molecule has 0 unspecified atom stereocenters. The Morgan fingerprint density at radius 3 is 2.53 bits per heavy atom. The number of rotatable bonds is 2. The minimum Gasteiger partial charge on any atom is -0.459 e. The Kier molecular flexibility index (Phi) is 3.51. The lowest BCUT2D eigenvalue weighted by Gasteiger charge is -2.35. The van der Waals surface area contributed by atoms with Gasteiger partial charge in [-0.3, -0.25) is 0 Å². The highest BCUT2D eigenvalue weighted by Crippen LogP contribution is 2.30. The fraction of sp³-hybridized carbons (Fsp3) is 0.500. The van der Waals surface area contributed by atoms with Gasteiger partial charge in [-0.15, -0.1) is 0 Å². The molecule has 0 aliphatic carbocycles. The normalized spacial score (nSPS) is 20.4. The second-order valence-corrected chi connectivity index (χ2v) is 5.36. The molecule has 5 heteroatoms. The summed E-state index contributed by atoms with van der Waals surface area (Å²) in [4.78, 5) is 6.67. The number of nitrogens with zero attached hydrogens (tertiary/aromatic N) is 2. The number of ether oxygens (including phenoxy) is 2. The van der Waals surface area contributed by atoms with Crippen LogP contribution >= 0.6 is 11.6 Å². The fourth-order valence-corrected chi connectivity index (χ4v) is 2.93. The molecule has 0 aromatic carbocycles. The van der Waals surface area contributed by atoms with Crippen LogP contribution in [0.25, 0.3) is 0 Å². The van der Waals surface area contributed by atoms with Gasteiger partial charge < -0.3 is 14.4 Å². The number of aryl methyl sites for hydroxylation is 1. The molecule has 3 heterocycles. The van der Waals surface area contributed by atoms with Crippen LogP contribution in [-0.2, 0) is 9.47 Å². The van der Waals surface area contributed by atoms with Gasteiger partial charge in [0, 0.05) is 19.0 Å². The van der Waals surface area contributed by atoms with Crippen LogP contribution in [0.3, 0.4) is 0 Å². The molecule has 102 valence electrons. The van der Waals surface area contributed by atoms with Gasteiger partial charge in [0.2, 0.25) is 6.29 Å². The highest BCUT2D eigenvalue weighted by molar-refractivity contribution is 6.29. The molecule has 2 aliphatic rings. The summed E-state index contributed by atoms with van der Waals surface area (Å²) in [6, 6.07) is 3.90. The van der Waals surface area contributed by atoms with Crippen LogP contribution in [0, 0.1) is 12.8 Å². The van der Waals surface area contributed by atoms with E-state index in [-0.39, 0.29) is 6.29 Å². The highest BCUT2D eigenvalue weighted by atomic mass is 35.5. The zero-order chi connectivity index (χ0) is 13.2. The van der Waals surface area contributed by atoms with E-state index < -0.39 is 0 Å². The third-order valence-corrected chi connectivity index (χ3v) is 3.98. The lowest BCUT2D eigenvalue weighted by molar-refractivity contribution is -0.0728. The lowest BCUT2D eigenvalue weighted by atomic mass is 9.95. The summed E-state index contributed by atoms with van der Waals surface area (Å²) >= 11 is 5.90. The molecule has 2 aliphatic heterocycles. The summed E-state index contributed by atoms with van der Waals surface area (Å²) in [5, 5.41) is 0.551. The van der Waals surface area contributed by atoms with E-state index in [2.05, 4.69) is 16.0 Å². The van der Waals surface area contributed by atoms with Crippen molar-refractivity contribution in [2.75, 3.05) is 18.0 Å². The van der Waals surface area contributed by atoms with Crippen LogP contribution < -0.4 is 4.90 Å². The zero-order valence-electron chi connectivity index (χ0n) is 10.9. The van der Waals surface area contributed by atoms with Crippen molar-refractivity contribution in [1.29, 1.82) is 0 Å². The molecule has 0 radical (unpaired) electrons. The first kappa shape index (κ1) is 12.6.